The quantitative estimate of drug-likeness (QED) is 0.253. The molecule has 4 aromatic rings. The van der Waals surface area contributed by atoms with Crippen molar-refractivity contribution in [3.05, 3.63) is 113 Å². The van der Waals surface area contributed by atoms with Crippen molar-refractivity contribution in [1.29, 1.82) is 0 Å². The molecular formula is C31H30N4O6. The van der Waals surface area contributed by atoms with E-state index < -0.39 is 24.0 Å². The fourth-order valence-electron chi connectivity index (χ4n) is 5.00. The van der Waals surface area contributed by atoms with E-state index in [4.69, 9.17) is 9.26 Å². The second kappa shape index (κ2) is 12.5. The topological polar surface area (TPSA) is 134 Å². The lowest BCUT2D eigenvalue weighted by atomic mass is 9.98. The molecule has 3 aromatic carbocycles. The number of aliphatic carboxylic acids is 1. The van der Waals surface area contributed by atoms with Crippen molar-refractivity contribution in [3.8, 4) is 11.1 Å². The maximum atomic E-state index is 12.7. The molecule has 1 unspecified atom stereocenters. The summed E-state index contributed by atoms with van der Waals surface area (Å²) in [5.41, 5.74) is 5.42. The van der Waals surface area contributed by atoms with Crippen LogP contribution in [0.3, 0.4) is 0 Å². The van der Waals surface area contributed by atoms with E-state index >= 15 is 0 Å². The predicted octanol–water partition coefficient (Wildman–Crippen LogP) is 4.03. The number of carboxylic acid groups (broad SMARTS) is 1. The van der Waals surface area contributed by atoms with E-state index in [1.54, 1.807) is 11.9 Å². The lowest BCUT2D eigenvalue weighted by molar-refractivity contribution is -0.139. The minimum absolute atomic E-state index is 0.0564. The number of aromatic nitrogens is 1. The van der Waals surface area contributed by atoms with Crippen molar-refractivity contribution >= 4 is 18.0 Å². The number of rotatable bonds is 11. The Balaban J connectivity index is 1.11. The van der Waals surface area contributed by atoms with Gasteiger partial charge in [0.1, 0.15) is 12.6 Å². The van der Waals surface area contributed by atoms with Gasteiger partial charge in [-0.2, -0.15) is 0 Å². The number of amides is 2. The average Bonchev–Trinajstić information content (AvgIpc) is 3.58. The first-order valence-corrected chi connectivity index (χ1v) is 13.2. The van der Waals surface area contributed by atoms with Gasteiger partial charge in [-0.05, 0) is 34.9 Å². The molecule has 0 fully saturated rings. The van der Waals surface area contributed by atoms with Crippen molar-refractivity contribution in [3.63, 3.8) is 0 Å². The fraction of sp³-hybridized carbons (Fsp3) is 0.226. The molecule has 5 rings (SSSR count). The highest BCUT2D eigenvalue weighted by molar-refractivity contribution is 5.95. The average molecular weight is 555 g/mol. The molecule has 1 aliphatic carbocycles. The lowest BCUT2D eigenvalue weighted by Gasteiger charge is -2.22. The van der Waals surface area contributed by atoms with Crippen LogP contribution in [0, 0.1) is 0 Å². The Morgan fingerprint density at radius 2 is 1.61 bits per heavy atom. The van der Waals surface area contributed by atoms with Crippen LogP contribution in [0.15, 0.2) is 89.5 Å². The highest BCUT2D eigenvalue weighted by Crippen LogP contribution is 2.44. The van der Waals surface area contributed by atoms with Crippen LogP contribution in [0.4, 0.5) is 4.79 Å². The van der Waals surface area contributed by atoms with Crippen molar-refractivity contribution in [2.24, 2.45) is 0 Å². The first-order chi connectivity index (χ1) is 19.9. The normalized spacial score (nSPS) is 12.8. The Kier molecular flexibility index (Phi) is 8.40. The zero-order chi connectivity index (χ0) is 28.8. The Hall–Kier alpha value is -4.96. The van der Waals surface area contributed by atoms with Crippen LogP contribution in [-0.2, 0) is 22.6 Å². The lowest BCUT2D eigenvalue weighted by Crippen LogP contribution is -2.47. The van der Waals surface area contributed by atoms with Gasteiger partial charge in [0.2, 0.25) is 0 Å². The molecule has 3 N–H and O–H groups in total. The number of alkyl carbamates (subject to hydrolysis) is 1. The monoisotopic (exact) mass is 554 g/mol. The van der Waals surface area contributed by atoms with E-state index in [-0.39, 0.29) is 37.1 Å². The zero-order valence-corrected chi connectivity index (χ0v) is 22.4. The number of benzene rings is 3. The van der Waals surface area contributed by atoms with Gasteiger partial charge in [-0.1, -0.05) is 84.0 Å². The minimum atomic E-state index is -1.17. The first-order valence-electron chi connectivity index (χ1n) is 13.2. The van der Waals surface area contributed by atoms with E-state index in [0.717, 1.165) is 27.8 Å². The Labute approximate surface area is 236 Å². The highest BCUT2D eigenvalue weighted by Gasteiger charge is 2.29. The summed E-state index contributed by atoms with van der Waals surface area (Å²) in [7, 11) is 1.78. The summed E-state index contributed by atoms with van der Waals surface area (Å²) < 4.78 is 10.7. The molecule has 1 aliphatic rings. The third kappa shape index (κ3) is 6.62. The van der Waals surface area contributed by atoms with E-state index in [1.165, 1.54) is 6.07 Å². The number of nitrogens with zero attached hydrogens (tertiary/aromatic N) is 2. The number of nitrogens with one attached hydrogen (secondary N) is 2. The van der Waals surface area contributed by atoms with E-state index in [1.807, 2.05) is 66.7 Å². The van der Waals surface area contributed by atoms with Gasteiger partial charge in [-0.25, -0.2) is 9.59 Å². The van der Waals surface area contributed by atoms with Gasteiger partial charge < -0.3 is 25.0 Å². The van der Waals surface area contributed by atoms with E-state index in [2.05, 4.69) is 27.9 Å². The molecule has 0 saturated carbocycles. The molecule has 10 heteroatoms. The fourth-order valence-corrected chi connectivity index (χ4v) is 5.00. The highest BCUT2D eigenvalue weighted by atomic mass is 16.5. The van der Waals surface area contributed by atoms with Crippen molar-refractivity contribution in [2.75, 3.05) is 20.2 Å². The van der Waals surface area contributed by atoms with Crippen LogP contribution < -0.4 is 10.6 Å². The molecule has 210 valence electrons. The van der Waals surface area contributed by atoms with Crippen molar-refractivity contribution in [2.45, 2.75) is 25.0 Å². The number of hydrogen-bond donors (Lipinski definition) is 3. The standard InChI is InChI=1S/C31H30N4O6/c1-35(17-20-9-3-2-4-10-20)18-28(30(37)38)33-29(36)27-15-21(41-34-27)16-32-31(39)40-19-26-24-13-7-5-11-22(24)23-12-6-8-14-25(23)26/h2-15,26,28H,16-19H2,1H3,(H,32,39)(H,33,36)(H,37,38). The number of likely N-dealkylation sites (N-methyl/N-ethyl adjacent to an activating group) is 1. The second-order valence-corrected chi connectivity index (χ2v) is 9.90. The molecule has 1 atom stereocenters. The smallest absolute Gasteiger partial charge is 0.407 e. The molecule has 0 bridgehead atoms. The van der Waals surface area contributed by atoms with Crippen LogP contribution in [0.5, 0.6) is 0 Å². The molecule has 2 amide bonds. The predicted molar refractivity (Wildman–Crippen MR) is 150 cm³/mol. The summed E-state index contributed by atoms with van der Waals surface area (Å²) in [4.78, 5) is 38.7. The van der Waals surface area contributed by atoms with Gasteiger partial charge in [-0.3, -0.25) is 9.69 Å². The number of carbonyl (C=O) groups excluding carboxylic acids is 2. The Morgan fingerprint density at radius 3 is 2.27 bits per heavy atom. The number of fused-ring (bicyclic) bond motifs is 3. The molecule has 0 saturated heterocycles. The van der Waals surface area contributed by atoms with Gasteiger partial charge in [0.05, 0.1) is 6.54 Å². The van der Waals surface area contributed by atoms with Crippen LogP contribution in [0.2, 0.25) is 0 Å². The van der Waals surface area contributed by atoms with Gasteiger partial charge >= 0.3 is 12.1 Å². The van der Waals surface area contributed by atoms with Crippen molar-refractivity contribution < 1.29 is 28.8 Å². The summed E-state index contributed by atoms with van der Waals surface area (Å²) in [6.45, 7) is 0.721. The number of hydrogen-bond acceptors (Lipinski definition) is 7. The number of ether oxygens (including phenoxy) is 1. The summed E-state index contributed by atoms with van der Waals surface area (Å²) in [6, 6.07) is 25.9. The summed E-state index contributed by atoms with van der Waals surface area (Å²) in [6.07, 6.45) is -0.637. The summed E-state index contributed by atoms with van der Waals surface area (Å²) in [5.74, 6) is -1.71. The molecule has 0 aliphatic heterocycles. The van der Waals surface area contributed by atoms with Gasteiger partial charge in [0.25, 0.3) is 5.91 Å². The number of carboxylic acids is 1. The van der Waals surface area contributed by atoms with Crippen LogP contribution in [-0.4, -0.2) is 59.4 Å². The Bertz CT molecular complexity index is 1490. The van der Waals surface area contributed by atoms with Gasteiger partial charge in [0.15, 0.2) is 11.5 Å². The third-order valence-electron chi connectivity index (χ3n) is 6.94. The molecule has 0 radical (unpaired) electrons. The van der Waals surface area contributed by atoms with E-state index in [0.29, 0.717) is 6.54 Å². The molecule has 1 aromatic heterocycles. The maximum absolute atomic E-state index is 12.7. The molecular weight excluding hydrogens is 524 g/mol. The third-order valence-corrected chi connectivity index (χ3v) is 6.94. The van der Waals surface area contributed by atoms with Crippen LogP contribution >= 0.6 is 0 Å². The number of carbonyl (C=O) groups is 3. The van der Waals surface area contributed by atoms with Crippen molar-refractivity contribution in [1.82, 2.24) is 20.7 Å². The van der Waals surface area contributed by atoms with Gasteiger partial charge in [-0.15, -0.1) is 0 Å². The van der Waals surface area contributed by atoms with Crippen LogP contribution in [0.25, 0.3) is 11.1 Å². The summed E-state index contributed by atoms with van der Waals surface area (Å²) in [5, 5.41) is 18.4. The largest absolute Gasteiger partial charge is 0.480 e. The first kappa shape index (κ1) is 27.6. The van der Waals surface area contributed by atoms with Gasteiger partial charge in [0, 0.05) is 25.1 Å². The maximum Gasteiger partial charge on any atom is 0.407 e. The molecule has 0 spiro atoms. The minimum Gasteiger partial charge on any atom is -0.480 e. The van der Waals surface area contributed by atoms with Crippen LogP contribution in [0.1, 0.15) is 38.9 Å². The zero-order valence-electron chi connectivity index (χ0n) is 22.4. The molecule has 10 nitrogen and oxygen atoms in total. The molecule has 1 heterocycles. The summed E-state index contributed by atoms with van der Waals surface area (Å²) >= 11 is 0. The SMILES string of the molecule is CN(Cc1ccccc1)CC(NC(=O)c1cc(CNC(=O)OCC2c3ccccc3-c3ccccc32)on1)C(=O)O. The Morgan fingerprint density at radius 1 is 0.976 bits per heavy atom. The second-order valence-electron chi connectivity index (χ2n) is 9.90. The molecule has 41 heavy (non-hydrogen) atoms. The van der Waals surface area contributed by atoms with E-state index in [9.17, 15) is 19.5 Å².